The van der Waals surface area contributed by atoms with Gasteiger partial charge in [-0.3, -0.25) is 0 Å². The van der Waals surface area contributed by atoms with Crippen molar-refractivity contribution in [2.45, 2.75) is 65.2 Å². The third kappa shape index (κ3) is 2.72. The molecule has 23 heavy (non-hydrogen) atoms. The molecule has 3 heteroatoms. The summed E-state index contributed by atoms with van der Waals surface area (Å²) in [6.45, 7) is 15.5. The van der Waals surface area contributed by atoms with E-state index in [-0.39, 0.29) is 0 Å². The smallest absolute Gasteiger partial charge is 0.207 e. The Morgan fingerprint density at radius 2 is 0.739 bits per heavy atom. The van der Waals surface area contributed by atoms with Gasteiger partial charge in [0.15, 0.2) is 0 Å². The summed E-state index contributed by atoms with van der Waals surface area (Å²) < 4.78 is 27.1. The second-order valence-electron chi connectivity index (χ2n) is 6.68. The minimum absolute atomic E-state index is 0.478. The highest BCUT2D eigenvalue weighted by atomic mass is 32.2. The first-order chi connectivity index (χ1) is 10.5. The Bertz CT molecular complexity index is 782. The fourth-order valence-electron chi connectivity index (χ4n) is 3.27. The van der Waals surface area contributed by atoms with Crippen LogP contribution in [0, 0.1) is 55.4 Å². The minimum Gasteiger partial charge on any atom is -0.218 e. The van der Waals surface area contributed by atoms with Gasteiger partial charge in [-0.25, -0.2) is 8.42 Å². The molecule has 0 saturated heterocycles. The van der Waals surface area contributed by atoms with Gasteiger partial charge < -0.3 is 0 Å². The average molecular weight is 330 g/mol. The van der Waals surface area contributed by atoms with Crippen molar-refractivity contribution in [2.75, 3.05) is 0 Å². The van der Waals surface area contributed by atoms with E-state index in [1.165, 1.54) is 0 Å². The number of rotatable bonds is 2. The summed E-state index contributed by atoms with van der Waals surface area (Å²) in [5.74, 6) is 0. The van der Waals surface area contributed by atoms with Crippen molar-refractivity contribution < 1.29 is 8.42 Å². The molecule has 2 aromatic carbocycles. The molecular weight excluding hydrogens is 304 g/mol. The molecule has 2 aromatic rings. The SMILES string of the molecule is Cc1cc(C)c(C)c(S(=O)(=O)c2c(C)c(C)cc(C)c2C)c1C. The van der Waals surface area contributed by atoms with Crippen molar-refractivity contribution in [3.63, 3.8) is 0 Å². The van der Waals surface area contributed by atoms with Crippen LogP contribution in [0.15, 0.2) is 21.9 Å². The minimum atomic E-state index is -3.55. The number of benzene rings is 2. The van der Waals surface area contributed by atoms with Crippen LogP contribution >= 0.6 is 0 Å². The van der Waals surface area contributed by atoms with Crippen LogP contribution in [0.3, 0.4) is 0 Å². The zero-order valence-electron chi connectivity index (χ0n) is 15.4. The van der Waals surface area contributed by atoms with Gasteiger partial charge in [-0.15, -0.1) is 0 Å². The van der Waals surface area contributed by atoms with Crippen LogP contribution in [0.5, 0.6) is 0 Å². The Labute approximate surface area is 140 Å². The van der Waals surface area contributed by atoms with Crippen LogP contribution in [-0.4, -0.2) is 8.42 Å². The predicted molar refractivity (Wildman–Crippen MR) is 96.2 cm³/mol. The molecule has 2 nitrogen and oxygen atoms in total. The van der Waals surface area contributed by atoms with Crippen molar-refractivity contribution in [1.29, 1.82) is 0 Å². The lowest BCUT2D eigenvalue weighted by Gasteiger charge is -2.20. The summed E-state index contributed by atoms with van der Waals surface area (Å²) in [5.41, 5.74) is 7.49. The molecule has 0 bridgehead atoms. The van der Waals surface area contributed by atoms with Gasteiger partial charge in [-0.05, 0) is 99.9 Å². The third-order valence-corrected chi connectivity index (χ3v) is 7.43. The molecule has 2 rings (SSSR count). The molecule has 0 aromatic heterocycles. The van der Waals surface area contributed by atoms with Crippen molar-refractivity contribution in [1.82, 2.24) is 0 Å². The van der Waals surface area contributed by atoms with E-state index >= 15 is 0 Å². The van der Waals surface area contributed by atoms with Crippen LogP contribution in [0.4, 0.5) is 0 Å². The highest BCUT2D eigenvalue weighted by Crippen LogP contribution is 2.35. The third-order valence-electron chi connectivity index (χ3n) is 5.13. The Morgan fingerprint density at radius 3 is 0.957 bits per heavy atom. The normalized spacial score (nSPS) is 11.8. The summed E-state index contributed by atoms with van der Waals surface area (Å²) in [6.07, 6.45) is 0. The van der Waals surface area contributed by atoms with E-state index in [1.807, 2.05) is 55.4 Å². The van der Waals surface area contributed by atoms with E-state index in [1.54, 1.807) is 0 Å². The van der Waals surface area contributed by atoms with E-state index in [0.29, 0.717) is 9.79 Å². The molecular formula is C20H26O2S. The summed E-state index contributed by atoms with van der Waals surface area (Å²) in [4.78, 5) is 0.956. The largest absolute Gasteiger partial charge is 0.218 e. The van der Waals surface area contributed by atoms with Gasteiger partial charge in [0, 0.05) is 0 Å². The Balaban J connectivity index is 2.97. The fourth-order valence-corrected chi connectivity index (χ4v) is 5.73. The van der Waals surface area contributed by atoms with Crippen molar-refractivity contribution in [3.05, 3.63) is 56.6 Å². The second kappa shape index (κ2) is 5.79. The van der Waals surface area contributed by atoms with Crippen LogP contribution in [-0.2, 0) is 9.84 Å². The Hall–Kier alpha value is -1.61. The summed E-state index contributed by atoms with van der Waals surface area (Å²) in [6, 6.07) is 4.12. The van der Waals surface area contributed by atoms with Crippen LogP contribution in [0.1, 0.15) is 44.5 Å². The standard InChI is InChI=1S/C20H26O2S/c1-11-9-12(2)16(6)19(15(11)5)23(21,22)20-17(7)13(3)10-14(4)18(20)8/h9-10H,1-8H3. The van der Waals surface area contributed by atoms with Crippen molar-refractivity contribution >= 4 is 9.84 Å². The summed E-state index contributed by atoms with van der Waals surface area (Å²) >= 11 is 0. The van der Waals surface area contributed by atoms with Crippen molar-refractivity contribution in [3.8, 4) is 0 Å². The molecule has 0 aliphatic heterocycles. The van der Waals surface area contributed by atoms with Gasteiger partial charge in [0.2, 0.25) is 9.84 Å². The van der Waals surface area contributed by atoms with Crippen LogP contribution in [0.25, 0.3) is 0 Å². The second-order valence-corrected chi connectivity index (χ2v) is 8.51. The molecule has 0 aliphatic rings. The zero-order valence-corrected chi connectivity index (χ0v) is 16.2. The Morgan fingerprint density at radius 1 is 0.522 bits per heavy atom. The predicted octanol–water partition coefficient (Wildman–Crippen LogP) is 4.99. The van der Waals surface area contributed by atoms with Gasteiger partial charge >= 0.3 is 0 Å². The molecule has 0 N–H and O–H groups in total. The molecule has 0 spiro atoms. The molecule has 0 heterocycles. The molecule has 0 amide bonds. The van der Waals surface area contributed by atoms with Gasteiger partial charge in [-0.1, -0.05) is 12.1 Å². The van der Waals surface area contributed by atoms with E-state index in [2.05, 4.69) is 12.1 Å². The fraction of sp³-hybridized carbons (Fsp3) is 0.400. The molecule has 0 radical (unpaired) electrons. The lowest BCUT2D eigenvalue weighted by atomic mass is 10.0. The molecule has 0 fully saturated rings. The number of hydrogen-bond acceptors (Lipinski definition) is 2. The van der Waals surface area contributed by atoms with E-state index in [0.717, 1.165) is 44.5 Å². The zero-order chi connectivity index (χ0) is 17.7. The van der Waals surface area contributed by atoms with Gasteiger partial charge in [-0.2, -0.15) is 0 Å². The first-order valence-electron chi connectivity index (χ1n) is 7.90. The molecule has 0 saturated carbocycles. The van der Waals surface area contributed by atoms with E-state index in [9.17, 15) is 8.42 Å². The topological polar surface area (TPSA) is 34.1 Å². The van der Waals surface area contributed by atoms with E-state index < -0.39 is 9.84 Å². The lowest BCUT2D eigenvalue weighted by molar-refractivity contribution is 0.593. The number of sulfone groups is 1. The Kier molecular flexibility index (Phi) is 4.46. The molecule has 124 valence electrons. The summed E-state index contributed by atoms with van der Waals surface area (Å²) in [7, 11) is -3.55. The monoisotopic (exact) mass is 330 g/mol. The van der Waals surface area contributed by atoms with Gasteiger partial charge in [0.25, 0.3) is 0 Å². The maximum Gasteiger partial charge on any atom is 0.207 e. The maximum absolute atomic E-state index is 13.5. The lowest BCUT2D eigenvalue weighted by Crippen LogP contribution is -2.13. The van der Waals surface area contributed by atoms with Gasteiger partial charge in [0.1, 0.15) is 0 Å². The summed E-state index contributed by atoms with van der Waals surface area (Å²) in [5, 5.41) is 0. The average Bonchev–Trinajstić information content (AvgIpc) is 2.43. The molecule has 0 unspecified atom stereocenters. The van der Waals surface area contributed by atoms with Gasteiger partial charge in [0.05, 0.1) is 9.79 Å². The molecule has 0 aliphatic carbocycles. The first-order valence-corrected chi connectivity index (χ1v) is 9.38. The van der Waals surface area contributed by atoms with Crippen LogP contribution in [0.2, 0.25) is 0 Å². The van der Waals surface area contributed by atoms with Crippen molar-refractivity contribution in [2.24, 2.45) is 0 Å². The number of hydrogen-bond donors (Lipinski definition) is 0. The first kappa shape index (κ1) is 17.7. The number of aryl methyl sites for hydroxylation is 4. The maximum atomic E-state index is 13.5. The quantitative estimate of drug-likeness (QED) is 0.777. The van der Waals surface area contributed by atoms with Crippen LogP contribution < -0.4 is 0 Å². The molecule has 0 atom stereocenters. The highest BCUT2D eigenvalue weighted by Gasteiger charge is 2.28. The highest BCUT2D eigenvalue weighted by molar-refractivity contribution is 7.91. The van der Waals surface area contributed by atoms with E-state index in [4.69, 9.17) is 0 Å².